The highest BCUT2D eigenvalue weighted by molar-refractivity contribution is 8.13. The Morgan fingerprint density at radius 2 is 2.10 bits per heavy atom. The lowest BCUT2D eigenvalue weighted by Crippen LogP contribution is -2.13. The Balaban J connectivity index is 3.47. The summed E-state index contributed by atoms with van der Waals surface area (Å²) in [5, 5.41) is 10.7. The van der Waals surface area contributed by atoms with Crippen LogP contribution in [-0.2, 0) is 6.18 Å². The molecule has 0 spiro atoms. The summed E-state index contributed by atoms with van der Waals surface area (Å²) in [4.78, 5) is 3.75. The van der Waals surface area contributed by atoms with Crippen molar-refractivity contribution in [3.05, 3.63) is 23.5 Å². The van der Waals surface area contributed by atoms with E-state index in [0.717, 1.165) is 24.9 Å². The molecule has 1 aromatic rings. The maximum Gasteiger partial charge on any atom is 0.420 e. The number of nitriles is 1. The number of hydrogen-bond acceptors (Lipinski definition) is 4. The Hall–Kier alpha value is -1.95. The molecule has 0 radical (unpaired) electrons. The van der Waals surface area contributed by atoms with Crippen LogP contribution in [0.1, 0.15) is 5.56 Å². The molecule has 4 nitrogen and oxygen atoms in total. The summed E-state index contributed by atoms with van der Waals surface area (Å²) in [6, 6.07) is 1.12. The minimum absolute atomic E-state index is 0.0181. The molecule has 0 aliphatic carbocycles. The van der Waals surface area contributed by atoms with Gasteiger partial charge in [0.1, 0.15) is 17.1 Å². The molecule has 0 aliphatic rings. The fraction of sp³-hybridized carbons (Fsp3) is 0.273. The number of nitrogens with zero attached hydrogens (tertiary/aromatic N) is 2. The predicted molar refractivity (Wildman–Crippen MR) is 67.3 cm³/mol. The van der Waals surface area contributed by atoms with E-state index in [0.29, 0.717) is 6.07 Å². The normalized spacial score (nSPS) is 11.9. The number of methoxy groups -OCH3 is 1. The lowest BCUT2D eigenvalue weighted by Gasteiger charge is -2.14. The maximum atomic E-state index is 13.3. The van der Waals surface area contributed by atoms with Gasteiger partial charge in [-0.2, -0.15) is 18.4 Å². The summed E-state index contributed by atoms with van der Waals surface area (Å²) < 4.78 is 56.3. The summed E-state index contributed by atoms with van der Waals surface area (Å²) in [7, 11) is 1.03. The van der Waals surface area contributed by atoms with E-state index in [1.54, 1.807) is 12.4 Å². The number of thioether (sulfide) groups is 1. The van der Waals surface area contributed by atoms with Crippen molar-refractivity contribution in [3.8, 4) is 11.9 Å². The van der Waals surface area contributed by atoms with Crippen molar-refractivity contribution < 1.29 is 22.3 Å². The minimum atomic E-state index is -4.78. The van der Waals surface area contributed by atoms with Gasteiger partial charge in [0, 0.05) is 6.07 Å². The van der Waals surface area contributed by atoms with E-state index >= 15 is 0 Å². The topological polar surface area (TPSA) is 57.4 Å². The second kappa shape index (κ2) is 6.47. The fourth-order valence-electron chi connectivity index (χ4n) is 1.37. The summed E-state index contributed by atoms with van der Waals surface area (Å²) in [6.07, 6.45) is -1.65. The van der Waals surface area contributed by atoms with Gasteiger partial charge in [-0.3, -0.25) is 5.32 Å². The largest absolute Gasteiger partial charge is 0.494 e. The molecule has 0 saturated carbocycles. The molecule has 1 aromatic carbocycles. The summed E-state index contributed by atoms with van der Waals surface area (Å²) in [6.45, 7) is 0. The lowest BCUT2D eigenvalue weighted by atomic mass is 10.1. The Labute approximate surface area is 116 Å². The SMILES string of the molecule is COc1c(N=C(NC#N)SC)cc(F)cc1C(F)(F)F. The molecular formula is C11H9F4N3OS. The highest BCUT2D eigenvalue weighted by atomic mass is 32.2. The van der Waals surface area contributed by atoms with Crippen LogP contribution in [0.15, 0.2) is 17.1 Å². The molecule has 9 heteroatoms. The van der Waals surface area contributed by atoms with Crippen LogP contribution in [0.25, 0.3) is 0 Å². The number of hydrogen-bond donors (Lipinski definition) is 1. The molecule has 108 valence electrons. The van der Waals surface area contributed by atoms with E-state index in [9.17, 15) is 17.6 Å². The van der Waals surface area contributed by atoms with Crippen LogP contribution < -0.4 is 10.1 Å². The Bertz CT molecular complexity index is 566. The van der Waals surface area contributed by atoms with E-state index in [-0.39, 0.29) is 10.9 Å². The smallest absolute Gasteiger partial charge is 0.420 e. The average molecular weight is 307 g/mol. The van der Waals surface area contributed by atoms with Crippen LogP contribution in [-0.4, -0.2) is 18.5 Å². The van der Waals surface area contributed by atoms with E-state index in [1.807, 2.05) is 0 Å². The number of ether oxygens (including phenoxy) is 1. The van der Waals surface area contributed by atoms with Crippen molar-refractivity contribution in [1.82, 2.24) is 5.32 Å². The van der Waals surface area contributed by atoms with Crippen LogP contribution in [0.3, 0.4) is 0 Å². The van der Waals surface area contributed by atoms with Gasteiger partial charge in [-0.1, -0.05) is 11.8 Å². The third-order valence-electron chi connectivity index (χ3n) is 2.12. The van der Waals surface area contributed by atoms with E-state index in [1.165, 1.54) is 0 Å². The molecule has 0 aromatic heterocycles. The first-order chi connectivity index (χ1) is 9.33. The molecule has 0 unspecified atom stereocenters. The Kier molecular flexibility index (Phi) is 5.21. The van der Waals surface area contributed by atoms with Gasteiger partial charge < -0.3 is 4.74 Å². The number of halogens is 4. The molecule has 0 aliphatic heterocycles. The van der Waals surface area contributed by atoms with E-state index in [4.69, 9.17) is 5.26 Å². The van der Waals surface area contributed by atoms with Gasteiger partial charge in [-0.05, 0) is 12.3 Å². The van der Waals surface area contributed by atoms with Crippen LogP contribution in [0.2, 0.25) is 0 Å². The first-order valence-electron chi connectivity index (χ1n) is 5.06. The third kappa shape index (κ3) is 3.77. The average Bonchev–Trinajstić information content (AvgIpc) is 2.36. The third-order valence-corrected chi connectivity index (χ3v) is 2.70. The zero-order valence-corrected chi connectivity index (χ0v) is 11.2. The minimum Gasteiger partial charge on any atom is -0.494 e. The first-order valence-corrected chi connectivity index (χ1v) is 6.28. The van der Waals surface area contributed by atoms with Crippen molar-refractivity contribution in [1.29, 1.82) is 5.26 Å². The van der Waals surface area contributed by atoms with E-state index in [2.05, 4.69) is 15.0 Å². The van der Waals surface area contributed by atoms with Crippen molar-refractivity contribution in [2.75, 3.05) is 13.4 Å². The molecule has 20 heavy (non-hydrogen) atoms. The Morgan fingerprint density at radius 3 is 2.55 bits per heavy atom. The molecule has 0 heterocycles. The molecule has 0 fully saturated rings. The van der Waals surface area contributed by atoms with Gasteiger partial charge in [-0.15, -0.1) is 0 Å². The zero-order valence-electron chi connectivity index (χ0n) is 10.4. The van der Waals surface area contributed by atoms with Crippen molar-refractivity contribution in [3.63, 3.8) is 0 Å². The Morgan fingerprint density at radius 1 is 1.45 bits per heavy atom. The van der Waals surface area contributed by atoms with Crippen molar-refractivity contribution in [2.45, 2.75) is 6.18 Å². The van der Waals surface area contributed by atoms with Gasteiger partial charge in [0.2, 0.25) is 0 Å². The standard InChI is InChI=1S/C11H9F4N3OS/c1-19-9-7(11(13,14)15)3-6(12)4-8(9)18-10(20-2)17-5-16/h3-4H,1-2H3,(H,17,18). The number of benzene rings is 1. The van der Waals surface area contributed by atoms with Crippen LogP contribution >= 0.6 is 11.8 Å². The molecule has 0 saturated heterocycles. The number of alkyl halides is 3. The second-order valence-electron chi connectivity index (χ2n) is 3.36. The maximum absolute atomic E-state index is 13.3. The number of amidine groups is 1. The second-order valence-corrected chi connectivity index (χ2v) is 4.16. The van der Waals surface area contributed by atoms with Gasteiger partial charge in [-0.25, -0.2) is 9.38 Å². The predicted octanol–water partition coefficient (Wildman–Crippen LogP) is 3.27. The van der Waals surface area contributed by atoms with Gasteiger partial charge in [0.05, 0.1) is 7.11 Å². The number of rotatable bonds is 2. The molecule has 0 amide bonds. The van der Waals surface area contributed by atoms with E-state index < -0.39 is 23.3 Å². The fourth-order valence-corrected chi connectivity index (χ4v) is 1.71. The number of nitrogens with one attached hydrogen (secondary N) is 1. The van der Waals surface area contributed by atoms with Crippen molar-refractivity contribution in [2.24, 2.45) is 4.99 Å². The van der Waals surface area contributed by atoms with Crippen LogP contribution in [0.5, 0.6) is 5.75 Å². The summed E-state index contributed by atoms with van der Waals surface area (Å²) >= 11 is 0.985. The zero-order chi connectivity index (χ0) is 15.3. The quantitative estimate of drug-likeness (QED) is 0.299. The summed E-state index contributed by atoms with van der Waals surface area (Å²) in [5.74, 6) is -1.71. The van der Waals surface area contributed by atoms with Crippen molar-refractivity contribution >= 4 is 22.6 Å². The van der Waals surface area contributed by atoms with Crippen LogP contribution in [0.4, 0.5) is 23.2 Å². The highest BCUT2D eigenvalue weighted by Gasteiger charge is 2.36. The van der Waals surface area contributed by atoms with Gasteiger partial charge in [0.25, 0.3) is 0 Å². The highest BCUT2D eigenvalue weighted by Crippen LogP contribution is 2.42. The first kappa shape index (κ1) is 16.1. The van der Waals surface area contributed by atoms with Gasteiger partial charge in [0.15, 0.2) is 17.1 Å². The molecule has 0 bridgehead atoms. The molecule has 0 atom stereocenters. The lowest BCUT2D eigenvalue weighted by molar-refractivity contribution is -0.138. The monoisotopic (exact) mass is 307 g/mol. The summed E-state index contributed by atoms with van der Waals surface area (Å²) in [5.41, 5.74) is -1.62. The molecule has 1 rings (SSSR count). The van der Waals surface area contributed by atoms with Crippen LogP contribution in [0, 0.1) is 17.3 Å². The molecule has 1 N–H and O–H groups in total. The van der Waals surface area contributed by atoms with Gasteiger partial charge >= 0.3 is 6.18 Å². The molecular weight excluding hydrogens is 298 g/mol. The number of aliphatic imine (C=N–C) groups is 1.